The lowest BCUT2D eigenvalue weighted by molar-refractivity contribution is 0.100. The van der Waals surface area contributed by atoms with Gasteiger partial charge in [0.1, 0.15) is 0 Å². The molecule has 0 bridgehead atoms. The smallest absolute Gasteiger partial charge is 0.248 e. The summed E-state index contributed by atoms with van der Waals surface area (Å²) in [5, 5.41) is 4.05. The van der Waals surface area contributed by atoms with Crippen LogP contribution in [-0.2, 0) is 6.54 Å². The quantitative estimate of drug-likeness (QED) is 0.768. The third-order valence-corrected chi connectivity index (χ3v) is 3.75. The summed E-state index contributed by atoms with van der Waals surface area (Å²) in [6, 6.07) is 5.66. The Balaban J connectivity index is 2.43. The Kier molecular flexibility index (Phi) is 7.03. The number of halogens is 1. The Morgan fingerprint density at radius 2 is 2.00 bits per heavy atom. The molecular formula is C16H25ClN2O. The SMILES string of the molecule is CC(C)CCCC(C)NCc1ccc(C(N)=O)cc1Cl. The zero-order chi connectivity index (χ0) is 15.1. The first-order chi connectivity index (χ1) is 9.40. The van der Waals surface area contributed by atoms with Crippen molar-refractivity contribution in [3.8, 4) is 0 Å². The molecule has 0 aliphatic heterocycles. The zero-order valence-corrected chi connectivity index (χ0v) is 13.3. The summed E-state index contributed by atoms with van der Waals surface area (Å²) < 4.78 is 0. The van der Waals surface area contributed by atoms with E-state index in [-0.39, 0.29) is 0 Å². The third-order valence-electron chi connectivity index (χ3n) is 3.40. The molecule has 1 aromatic rings. The van der Waals surface area contributed by atoms with Crippen LogP contribution in [0.3, 0.4) is 0 Å². The number of nitrogens with one attached hydrogen (secondary N) is 1. The normalized spacial score (nSPS) is 12.7. The van der Waals surface area contributed by atoms with Gasteiger partial charge in [-0.15, -0.1) is 0 Å². The summed E-state index contributed by atoms with van der Waals surface area (Å²) >= 11 is 6.16. The molecule has 1 rings (SSSR count). The van der Waals surface area contributed by atoms with Crippen molar-refractivity contribution in [2.45, 2.75) is 52.6 Å². The van der Waals surface area contributed by atoms with Gasteiger partial charge in [0.15, 0.2) is 0 Å². The van der Waals surface area contributed by atoms with Gasteiger partial charge in [-0.05, 0) is 37.0 Å². The molecule has 1 amide bonds. The van der Waals surface area contributed by atoms with Crippen LogP contribution in [0.2, 0.25) is 5.02 Å². The first kappa shape index (κ1) is 17.0. The molecule has 3 nitrogen and oxygen atoms in total. The van der Waals surface area contributed by atoms with Gasteiger partial charge in [0.2, 0.25) is 5.91 Å². The molecule has 0 aromatic heterocycles. The highest BCUT2D eigenvalue weighted by Crippen LogP contribution is 2.18. The Morgan fingerprint density at radius 3 is 2.55 bits per heavy atom. The lowest BCUT2D eigenvalue weighted by atomic mass is 10.0. The van der Waals surface area contributed by atoms with E-state index >= 15 is 0 Å². The molecule has 0 spiro atoms. The molecule has 1 atom stereocenters. The Labute approximate surface area is 126 Å². The molecule has 4 heteroatoms. The number of hydrogen-bond donors (Lipinski definition) is 2. The fourth-order valence-electron chi connectivity index (χ4n) is 2.06. The standard InChI is InChI=1S/C16H25ClN2O/c1-11(2)5-4-6-12(3)19-10-14-8-7-13(16(18)20)9-15(14)17/h7-9,11-12,19H,4-6,10H2,1-3H3,(H2,18,20). The molecule has 112 valence electrons. The highest BCUT2D eigenvalue weighted by Gasteiger charge is 2.07. The number of primary amides is 1. The fraction of sp³-hybridized carbons (Fsp3) is 0.562. The van der Waals surface area contributed by atoms with Crippen LogP contribution in [0.1, 0.15) is 56.0 Å². The van der Waals surface area contributed by atoms with Crippen LogP contribution < -0.4 is 11.1 Å². The second-order valence-electron chi connectivity index (χ2n) is 5.78. The van der Waals surface area contributed by atoms with Crippen LogP contribution in [-0.4, -0.2) is 11.9 Å². The molecule has 1 unspecified atom stereocenters. The van der Waals surface area contributed by atoms with Gasteiger partial charge in [-0.1, -0.05) is 44.4 Å². The molecule has 3 N–H and O–H groups in total. The van der Waals surface area contributed by atoms with Crippen molar-refractivity contribution in [2.75, 3.05) is 0 Å². The molecule has 0 saturated carbocycles. The second kappa shape index (κ2) is 8.28. The van der Waals surface area contributed by atoms with Crippen molar-refractivity contribution < 1.29 is 4.79 Å². The Bertz CT molecular complexity index is 446. The largest absolute Gasteiger partial charge is 0.366 e. The molecule has 0 heterocycles. The van der Waals surface area contributed by atoms with Crippen LogP contribution in [0.25, 0.3) is 0 Å². The van der Waals surface area contributed by atoms with E-state index in [0.29, 0.717) is 23.2 Å². The summed E-state index contributed by atoms with van der Waals surface area (Å²) in [7, 11) is 0. The van der Waals surface area contributed by atoms with Crippen LogP contribution >= 0.6 is 11.6 Å². The lowest BCUT2D eigenvalue weighted by Crippen LogP contribution is -2.25. The van der Waals surface area contributed by atoms with Gasteiger partial charge in [-0.3, -0.25) is 4.79 Å². The van der Waals surface area contributed by atoms with Gasteiger partial charge in [-0.25, -0.2) is 0 Å². The highest BCUT2D eigenvalue weighted by atomic mass is 35.5. The van der Waals surface area contributed by atoms with Crippen LogP contribution in [0.5, 0.6) is 0 Å². The minimum Gasteiger partial charge on any atom is -0.366 e. The van der Waals surface area contributed by atoms with Crippen molar-refractivity contribution in [2.24, 2.45) is 11.7 Å². The summed E-state index contributed by atoms with van der Waals surface area (Å²) in [5.74, 6) is 0.312. The molecule has 0 radical (unpaired) electrons. The van der Waals surface area contributed by atoms with E-state index in [9.17, 15) is 4.79 Å². The van der Waals surface area contributed by atoms with Crippen molar-refractivity contribution in [1.82, 2.24) is 5.32 Å². The topological polar surface area (TPSA) is 55.1 Å². The molecular weight excluding hydrogens is 272 g/mol. The van der Waals surface area contributed by atoms with E-state index in [0.717, 1.165) is 17.9 Å². The molecule has 0 aliphatic rings. The molecule has 0 aliphatic carbocycles. The van der Waals surface area contributed by atoms with E-state index in [1.807, 2.05) is 6.07 Å². The van der Waals surface area contributed by atoms with Gasteiger partial charge in [0.25, 0.3) is 0 Å². The van der Waals surface area contributed by atoms with Crippen LogP contribution in [0.15, 0.2) is 18.2 Å². The third kappa shape index (κ3) is 5.93. The summed E-state index contributed by atoms with van der Waals surface area (Å²) in [5.41, 5.74) is 6.66. The predicted molar refractivity (Wildman–Crippen MR) is 85.0 cm³/mol. The van der Waals surface area contributed by atoms with Crippen molar-refractivity contribution >= 4 is 17.5 Å². The monoisotopic (exact) mass is 296 g/mol. The molecule has 20 heavy (non-hydrogen) atoms. The number of nitrogens with two attached hydrogens (primary N) is 1. The van der Waals surface area contributed by atoms with E-state index in [1.54, 1.807) is 12.1 Å². The summed E-state index contributed by atoms with van der Waals surface area (Å²) in [4.78, 5) is 11.1. The number of carbonyl (C=O) groups is 1. The summed E-state index contributed by atoms with van der Waals surface area (Å²) in [6.07, 6.45) is 3.66. The van der Waals surface area contributed by atoms with Gasteiger partial charge >= 0.3 is 0 Å². The first-order valence-corrected chi connectivity index (χ1v) is 7.59. The minimum atomic E-state index is -0.450. The number of amides is 1. The molecule has 0 fully saturated rings. The van der Waals surface area contributed by atoms with Gasteiger partial charge in [-0.2, -0.15) is 0 Å². The van der Waals surface area contributed by atoms with E-state index < -0.39 is 5.91 Å². The maximum atomic E-state index is 11.1. The number of benzene rings is 1. The predicted octanol–water partition coefficient (Wildman–Crippen LogP) is 3.74. The fourth-order valence-corrected chi connectivity index (χ4v) is 2.31. The number of carbonyl (C=O) groups excluding carboxylic acids is 1. The molecule has 0 saturated heterocycles. The van der Waals surface area contributed by atoms with Crippen molar-refractivity contribution in [3.63, 3.8) is 0 Å². The lowest BCUT2D eigenvalue weighted by Gasteiger charge is -2.15. The van der Waals surface area contributed by atoms with E-state index in [2.05, 4.69) is 26.1 Å². The van der Waals surface area contributed by atoms with Gasteiger partial charge in [0, 0.05) is 23.2 Å². The molecule has 1 aromatic carbocycles. The Morgan fingerprint density at radius 1 is 1.30 bits per heavy atom. The van der Waals surface area contributed by atoms with Crippen LogP contribution in [0, 0.1) is 5.92 Å². The Hall–Kier alpha value is -1.06. The minimum absolute atomic E-state index is 0.448. The maximum absolute atomic E-state index is 11.1. The van der Waals surface area contributed by atoms with E-state index in [4.69, 9.17) is 17.3 Å². The zero-order valence-electron chi connectivity index (χ0n) is 12.6. The van der Waals surface area contributed by atoms with Crippen molar-refractivity contribution in [1.29, 1.82) is 0 Å². The number of hydrogen-bond acceptors (Lipinski definition) is 2. The maximum Gasteiger partial charge on any atom is 0.248 e. The first-order valence-electron chi connectivity index (χ1n) is 7.21. The van der Waals surface area contributed by atoms with Crippen molar-refractivity contribution in [3.05, 3.63) is 34.3 Å². The average molecular weight is 297 g/mol. The number of rotatable bonds is 8. The summed E-state index contributed by atoms with van der Waals surface area (Å²) in [6.45, 7) is 7.39. The average Bonchev–Trinajstić information content (AvgIpc) is 2.36. The van der Waals surface area contributed by atoms with E-state index in [1.165, 1.54) is 12.8 Å². The van der Waals surface area contributed by atoms with Gasteiger partial charge < -0.3 is 11.1 Å². The van der Waals surface area contributed by atoms with Gasteiger partial charge in [0.05, 0.1) is 0 Å². The second-order valence-corrected chi connectivity index (χ2v) is 6.18. The van der Waals surface area contributed by atoms with Crippen LogP contribution in [0.4, 0.5) is 0 Å². The highest BCUT2D eigenvalue weighted by molar-refractivity contribution is 6.31.